The normalized spacial score (nSPS) is 9.80. The van der Waals surface area contributed by atoms with Crippen molar-refractivity contribution in [2.45, 2.75) is 0 Å². The van der Waals surface area contributed by atoms with Gasteiger partial charge in [0.15, 0.2) is 0 Å². The van der Waals surface area contributed by atoms with Gasteiger partial charge in [0.1, 0.15) is 19.0 Å². The minimum Gasteiger partial charge on any atom is -0.489 e. The summed E-state index contributed by atoms with van der Waals surface area (Å²) in [7, 11) is 0. The lowest BCUT2D eigenvalue weighted by Crippen LogP contribution is -2.10. The Morgan fingerprint density at radius 2 is 1.70 bits per heavy atom. The number of para-hydroxylation sites is 1. The van der Waals surface area contributed by atoms with Gasteiger partial charge in [-0.15, -0.1) is 0 Å². The fraction of sp³-hybridized carbons (Fsp3) is 0.118. The maximum atomic E-state index is 10.9. The minimum absolute atomic E-state index is 0.202. The first kappa shape index (κ1) is 13.9. The summed E-state index contributed by atoms with van der Waals surface area (Å²) in [5.74, 6) is 0.332. The van der Waals surface area contributed by atoms with Gasteiger partial charge in [0.05, 0.1) is 0 Å². The Balaban J connectivity index is 2.02. The molecule has 0 amide bonds. The van der Waals surface area contributed by atoms with E-state index in [1.54, 1.807) is 0 Å². The van der Waals surface area contributed by atoms with Crippen LogP contribution in [0.5, 0.6) is 5.75 Å². The molecule has 0 fully saturated rings. The van der Waals surface area contributed by atoms with Crippen molar-refractivity contribution >= 4 is 5.97 Å². The molecule has 0 saturated carbocycles. The van der Waals surface area contributed by atoms with E-state index < -0.39 is 5.97 Å². The van der Waals surface area contributed by atoms with Crippen LogP contribution in [0.3, 0.4) is 0 Å². The molecule has 0 spiro atoms. The second-order valence-corrected chi connectivity index (χ2v) is 4.08. The average Bonchev–Trinajstić information content (AvgIpc) is 2.52. The molecule has 2 rings (SSSR count). The highest BCUT2D eigenvalue weighted by Gasteiger charge is 2.05. The lowest BCUT2D eigenvalue weighted by Gasteiger charge is -2.11. The fourth-order valence-corrected chi connectivity index (χ4v) is 1.80. The summed E-state index contributed by atoms with van der Waals surface area (Å²) in [4.78, 5) is 10.9. The first-order valence-corrected chi connectivity index (χ1v) is 6.37. The van der Waals surface area contributed by atoms with E-state index in [1.807, 2.05) is 54.6 Å². The molecule has 20 heavy (non-hydrogen) atoms. The Kier molecular flexibility index (Phi) is 4.95. The fourth-order valence-electron chi connectivity index (χ4n) is 1.80. The molecule has 102 valence electrons. The van der Waals surface area contributed by atoms with Crippen molar-refractivity contribution in [2.75, 3.05) is 13.2 Å². The number of carbonyl (C=O) groups excluding carboxylic acids is 1. The van der Waals surface area contributed by atoms with Crippen LogP contribution in [-0.4, -0.2) is 19.2 Å². The molecule has 2 aromatic carbocycles. The van der Waals surface area contributed by atoms with E-state index in [0.717, 1.165) is 23.0 Å². The van der Waals surface area contributed by atoms with Crippen LogP contribution in [0.1, 0.15) is 0 Å². The predicted molar refractivity (Wildman–Crippen MR) is 78.5 cm³/mol. The molecule has 0 aromatic heterocycles. The molecule has 0 saturated heterocycles. The third-order valence-corrected chi connectivity index (χ3v) is 2.72. The van der Waals surface area contributed by atoms with E-state index in [2.05, 4.69) is 6.58 Å². The Morgan fingerprint density at radius 1 is 1.00 bits per heavy atom. The van der Waals surface area contributed by atoms with E-state index >= 15 is 0 Å². The van der Waals surface area contributed by atoms with Crippen molar-refractivity contribution in [1.29, 1.82) is 0 Å². The molecule has 0 unspecified atom stereocenters. The van der Waals surface area contributed by atoms with Gasteiger partial charge in [-0.25, -0.2) is 4.79 Å². The Hall–Kier alpha value is -2.55. The molecule has 2 aromatic rings. The first-order chi connectivity index (χ1) is 9.81. The molecular weight excluding hydrogens is 252 g/mol. The second kappa shape index (κ2) is 7.14. The van der Waals surface area contributed by atoms with Gasteiger partial charge < -0.3 is 9.47 Å². The lowest BCUT2D eigenvalue weighted by molar-refractivity contribution is -0.138. The summed E-state index contributed by atoms with van der Waals surface area (Å²) in [5.41, 5.74) is 2.11. The summed E-state index contributed by atoms with van der Waals surface area (Å²) in [5, 5.41) is 0. The Morgan fingerprint density at radius 3 is 2.45 bits per heavy atom. The van der Waals surface area contributed by atoms with Crippen molar-refractivity contribution in [3.8, 4) is 16.9 Å². The predicted octanol–water partition coefficient (Wildman–Crippen LogP) is 3.46. The highest BCUT2D eigenvalue weighted by molar-refractivity contribution is 5.81. The monoisotopic (exact) mass is 268 g/mol. The zero-order valence-corrected chi connectivity index (χ0v) is 11.1. The van der Waals surface area contributed by atoms with Crippen LogP contribution in [0.25, 0.3) is 11.1 Å². The molecule has 3 nitrogen and oxygen atoms in total. The van der Waals surface area contributed by atoms with Crippen LogP contribution in [-0.2, 0) is 9.53 Å². The number of rotatable bonds is 6. The van der Waals surface area contributed by atoms with Crippen molar-refractivity contribution in [3.05, 3.63) is 67.3 Å². The molecule has 3 heteroatoms. The number of hydrogen-bond acceptors (Lipinski definition) is 3. The maximum absolute atomic E-state index is 10.9. The first-order valence-electron chi connectivity index (χ1n) is 6.37. The van der Waals surface area contributed by atoms with E-state index in [4.69, 9.17) is 9.47 Å². The standard InChI is InChI=1S/C17H16O3/c1-2-17(18)20-13-12-19-16-11-7-6-10-15(16)14-8-4-3-5-9-14/h2-11H,1,12-13H2. The largest absolute Gasteiger partial charge is 0.489 e. The second-order valence-electron chi connectivity index (χ2n) is 4.08. The van der Waals surface area contributed by atoms with E-state index in [9.17, 15) is 4.79 Å². The number of ether oxygens (including phenoxy) is 2. The van der Waals surface area contributed by atoms with Crippen LogP contribution < -0.4 is 4.74 Å². The maximum Gasteiger partial charge on any atom is 0.330 e. The highest BCUT2D eigenvalue weighted by Crippen LogP contribution is 2.29. The molecular formula is C17H16O3. The lowest BCUT2D eigenvalue weighted by atomic mass is 10.1. The zero-order chi connectivity index (χ0) is 14.2. The van der Waals surface area contributed by atoms with Gasteiger partial charge in [-0.2, -0.15) is 0 Å². The molecule has 0 aliphatic carbocycles. The van der Waals surface area contributed by atoms with E-state index in [1.165, 1.54) is 0 Å². The van der Waals surface area contributed by atoms with Crippen molar-refractivity contribution in [2.24, 2.45) is 0 Å². The summed E-state index contributed by atoms with van der Waals surface area (Å²) in [6, 6.07) is 17.8. The smallest absolute Gasteiger partial charge is 0.330 e. The molecule has 0 N–H and O–H groups in total. The van der Waals surface area contributed by atoms with Gasteiger partial charge in [-0.3, -0.25) is 0 Å². The van der Waals surface area contributed by atoms with E-state index in [0.29, 0.717) is 6.61 Å². The summed E-state index contributed by atoms with van der Waals surface area (Å²) in [6.45, 7) is 3.85. The number of hydrogen-bond donors (Lipinski definition) is 0. The molecule has 0 aliphatic heterocycles. The van der Waals surface area contributed by atoms with Crippen LogP contribution in [0.4, 0.5) is 0 Å². The minimum atomic E-state index is -0.440. The summed E-state index contributed by atoms with van der Waals surface area (Å²) in [6.07, 6.45) is 1.14. The molecule has 0 aliphatic rings. The van der Waals surface area contributed by atoms with Crippen LogP contribution >= 0.6 is 0 Å². The third kappa shape index (κ3) is 3.72. The molecule has 0 atom stereocenters. The van der Waals surface area contributed by atoms with Crippen molar-refractivity contribution in [1.82, 2.24) is 0 Å². The SMILES string of the molecule is C=CC(=O)OCCOc1ccccc1-c1ccccc1. The van der Waals surface area contributed by atoms with Gasteiger partial charge in [0.25, 0.3) is 0 Å². The van der Waals surface area contributed by atoms with Crippen molar-refractivity contribution < 1.29 is 14.3 Å². The van der Waals surface area contributed by atoms with Crippen LogP contribution in [0.2, 0.25) is 0 Å². The topological polar surface area (TPSA) is 35.5 Å². The van der Waals surface area contributed by atoms with Gasteiger partial charge in [-0.1, -0.05) is 55.1 Å². The van der Waals surface area contributed by atoms with Crippen LogP contribution in [0, 0.1) is 0 Å². The average molecular weight is 268 g/mol. The number of carbonyl (C=O) groups is 1. The van der Waals surface area contributed by atoms with E-state index in [-0.39, 0.29) is 6.61 Å². The van der Waals surface area contributed by atoms with Crippen molar-refractivity contribution in [3.63, 3.8) is 0 Å². The quantitative estimate of drug-likeness (QED) is 0.457. The Bertz CT molecular complexity index is 576. The molecule has 0 radical (unpaired) electrons. The third-order valence-electron chi connectivity index (χ3n) is 2.72. The highest BCUT2D eigenvalue weighted by atomic mass is 16.6. The van der Waals surface area contributed by atoms with Gasteiger partial charge >= 0.3 is 5.97 Å². The Labute approximate surface area is 118 Å². The number of benzene rings is 2. The zero-order valence-electron chi connectivity index (χ0n) is 11.1. The van der Waals surface area contributed by atoms with Gasteiger partial charge in [0.2, 0.25) is 0 Å². The molecule has 0 bridgehead atoms. The number of esters is 1. The summed E-state index contributed by atoms with van der Waals surface area (Å²) >= 11 is 0. The molecule has 0 heterocycles. The van der Waals surface area contributed by atoms with Gasteiger partial charge in [-0.05, 0) is 11.6 Å². The van der Waals surface area contributed by atoms with Gasteiger partial charge in [0, 0.05) is 11.6 Å². The summed E-state index contributed by atoms with van der Waals surface area (Å²) < 4.78 is 10.6. The van der Waals surface area contributed by atoms with Crippen LogP contribution in [0.15, 0.2) is 67.3 Å².